The van der Waals surface area contributed by atoms with E-state index in [1.807, 2.05) is 36.4 Å². The Balaban J connectivity index is 1.72. The zero-order valence-corrected chi connectivity index (χ0v) is 27.2. The number of sulfonamides is 1. The molecule has 9 nitrogen and oxygen atoms in total. The Labute approximate surface area is 255 Å². The number of hydrogen-bond donors (Lipinski definition) is 2. The summed E-state index contributed by atoms with van der Waals surface area (Å²) in [6.45, 7) is 5.97. The van der Waals surface area contributed by atoms with Gasteiger partial charge in [-0.1, -0.05) is 93.6 Å². The molecule has 43 heavy (non-hydrogen) atoms. The molecule has 3 unspecified atom stereocenters. The summed E-state index contributed by atoms with van der Waals surface area (Å²) < 4.78 is 39.9. The van der Waals surface area contributed by atoms with E-state index in [1.54, 1.807) is 31.4 Å². The molecule has 0 bridgehead atoms. The molecule has 1 heterocycles. The van der Waals surface area contributed by atoms with Gasteiger partial charge in [0.15, 0.2) is 0 Å². The van der Waals surface area contributed by atoms with Crippen LogP contribution in [0.1, 0.15) is 32.8 Å². The fraction of sp³-hybridized carbons (Fsp3) is 0.406. The van der Waals surface area contributed by atoms with Crippen molar-refractivity contribution >= 4 is 34.8 Å². The van der Waals surface area contributed by atoms with Crippen molar-refractivity contribution in [2.45, 2.75) is 56.9 Å². The number of aliphatic hydroxyl groups is 1. The number of benzene rings is 3. The van der Waals surface area contributed by atoms with E-state index < -0.39 is 49.2 Å². The molecule has 4 rings (SSSR count). The maximum atomic E-state index is 13.1. The van der Waals surface area contributed by atoms with Gasteiger partial charge in [0.25, 0.3) is 8.32 Å². The van der Waals surface area contributed by atoms with Crippen LogP contribution in [0.3, 0.4) is 0 Å². The Bertz CT molecular complexity index is 1430. The number of amides is 1. The van der Waals surface area contributed by atoms with Gasteiger partial charge in [-0.25, -0.2) is 13.2 Å². The van der Waals surface area contributed by atoms with Crippen LogP contribution < -0.4 is 15.1 Å². The lowest BCUT2D eigenvalue weighted by Gasteiger charge is -2.44. The van der Waals surface area contributed by atoms with Gasteiger partial charge < -0.3 is 19.4 Å². The topological polar surface area (TPSA) is 117 Å². The van der Waals surface area contributed by atoms with Crippen LogP contribution in [0, 0.1) is 0 Å². The Hall–Kier alpha value is -3.22. The molecule has 3 aromatic carbocycles. The Morgan fingerprint density at radius 3 is 1.93 bits per heavy atom. The fourth-order valence-electron chi connectivity index (χ4n) is 6.35. The van der Waals surface area contributed by atoms with Crippen molar-refractivity contribution in [1.82, 2.24) is 9.21 Å². The summed E-state index contributed by atoms with van der Waals surface area (Å²) in [6.07, 6.45) is 0.0665. The average molecular weight is 627 g/mol. The van der Waals surface area contributed by atoms with Crippen molar-refractivity contribution in [2.75, 3.05) is 26.6 Å². The van der Waals surface area contributed by atoms with Gasteiger partial charge in [0.05, 0.1) is 44.7 Å². The van der Waals surface area contributed by atoms with Crippen LogP contribution in [0.15, 0.2) is 84.9 Å². The number of carboxylic acid groups (broad SMARTS) is 1. The second kappa shape index (κ2) is 13.2. The van der Waals surface area contributed by atoms with E-state index in [0.29, 0.717) is 5.75 Å². The summed E-state index contributed by atoms with van der Waals surface area (Å²) >= 11 is 0. The Morgan fingerprint density at radius 1 is 0.977 bits per heavy atom. The van der Waals surface area contributed by atoms with E-state index in [1.165, 1.54) is 9.21 Å². The maximum absolute atomic E-state index is 13.1. The van der Waals surface area contributed by atoms with Crippen LogP contribution >= 0.6 is 0 Å². The van der Waals surface area contributed by atoms with Crippen LogP contribution in [0.25, 0.3) is 0 Å². The van der Waals surface area contributed by atoms with Gasteiger partial charge in [-0.05, 0) is 39.5 Å². The van der Waals surface area contributed by atoms with Gasteiger partial charge in [0, 0.05) is 6.54 Å². The lowest BCUT2D eigenvalue weighted by Crippen LogP contribution is -2.67. The first kappa shape index (κ1) is 32.7. The normalized spacial score (nSPS) is 19.5. The van der Waals surface area contributed by atoms with Gasteiger partial charge in [-0.2, -0.15) is 4.31 Å². The number of hydrogen-bond acceptors (Lipinski definition) is 6. The summed E-state index contributed by atoms with van der Waals surface area (Å²) in [5.74, 6) is 0.640. The van der Waals surface area contributed by atoms with Crippen molar-refractivity contribution in [2.24, 2.45) is 0 Å². The third-order valence-electron chi connectivity index (χ3n) is 8.32. The molecule has 2 N–H and O–H groups in total. The summed E-state index contributed by atoms with van der Waals surface area (Å²) in [5.41, 5.74) is 0.719. The minimum Gasteiger partial charge on any atom is -0.497 e. The number of carbonyl (C=O) groups is 1. The highest BCUT2D eigenvalue weighted by molar-refractivity contribution is 7.88. The second-order valence-corrected chi connectivity index (χ2v) is 18.3. The molecule has 0 aliphatic carbocycles. The Morgan fingerprint density at radius 2 is 1.51 bits per heavy atom. The minimum absolute atomic E-state index is 0.0275. The smallest absolute Gasteiger partial charge is 0.408 e. The van der Waals surface area contributed by atoms with E-state index in [2.05, 4.69) is 45.0 Å². The van der Waals surface area contributed by atoms with E-state index in [0.717, 1.165) is 22.2 Å². The molecular weight excluding hydrogens is 585 g/mol. The van der Waals surface area contributed by atoms with Crippen molar-refractivity contribution in [3.05, 3.63) is 90.5 Å². The quantitative estimate of drug-likeness (QED) is 0.313. The van der Waals surface area contributed by atoms with Crippen molar-refractivity contribution in [1.29, 1.82) is 0 Å². The highest BCUT2D eigenvalue weighted by Gasteiger charge is 2.53. The Kier molecular flexibility index (Phi) is 10.0. The average Bonchev–Trinajstić information content (AvgIpc) is 3.34. The summed E-state index contributed by atoms with van der Waals surface area (Å²) in [5, 5.41) is 22.6. The van der Waals surface area contributed by atoms with Crippen LogP contribution in [-0.4, -0.2) is 87.0 Å². The highest BCUT2D eigenvalue weighted by atomic mass is 32.2. The zero-order valence-electron chi connectivity index (χ0n) is 25.4. The number of aliphatic hydroxyl groups excluding tert-OH is 1. The third kappa shape index (κ3) is 6.81. The predicted molar refractivity (Wildman–Crippen MR) is 170 cm³/mol. The van der Waals surface area contributed by atoms with Crippen LogP contribution in [0.4, 0.5) is 4.79 Å². The van der Waals surface area contributed by atoms with Crippen molar-refractivity contribution in [3.8, 4) is 5.75 Å². The van der Waals surface area contributed by atoms with Crippen LogP contribution in [0.5, 0.6) is 5.75 Å². The minimum atomic E-state index is -3.79. The van der Waals surface area contributed by atoms with Gasteiger partial charge in [0.2, 0.25) is 10.0 Å². The summed E-state index contributed by atoms with van der Waals surface area (Å²) in [7, 11) is -5.23. The maximum Gasteiger partial charge on any atom is 0.408 e. The van der Waals surface area contributed by atoms with E-state index >= 15 is 0 Å². The first-order valence-corrected chi connectivity index (χ1v) is 18.1. The number of ether oxygens (including phenoxy) is 1. The fourth-order valence-corrected chi connectivity index (χ4v) is 12.0. The molecule has 0 aromatic heterocycles. The summed E-state index contributed by atoms with van der Waals surface area (Å²) in [4.78, 5) is 13.9. The number of methoxy groups -OCH3 is 1. The molecule has 3 aromatic rings. The lowest BCUT2D eigenvalue weighted by molar-refractivity contribution is 0.0751. The molecule has 1 saturated heterocycles. The molecule has 1 aliphatic heterocycles. The SMILES string of the molecule is COc1ccc(CN(C2CC(CO[Si](c3ccccc3)(c3ccccc3)C(C)(C)C)N(C(=O)O)C2CO)S(C)(=O)=O)cc1. The monoisotopic (exact) mass is 626 g/mol. The standard InChI is InChI=1S/C32H42N2O7SSi/c1-32(2,3)43(27-12-8-6-9-13-27,28-14-10-7-11-15-28)41-23-25-20-29(30(22-35)34(25)31(36)37)33(42(5,38)39)21-24-16-18-26(40-4)19-17-24/h6-19,25,29-30,35H,20-23H2,1-5H3,(H,36,37). The zero-order chi connectivity index (χ0) is 31.4. The van der Waals surface area contributed by atoms with Gasteiger partial charge in [-0.15, -0.1) is 0 Å². The lowest BCUT2D eigenvalue weighted by atomic mass is 10.1. The van der Waals surface area contributed by atoms with Crippen molar-refractivity contribution < 1.29 is 32.6 Å². The molecule has 11 heteroatoms. The van der Waals surface area contributed by atoms with Crippen molar-refractivity contribution in [3.63, 3.8) is 0 Å². The van der Waals surface area contributed by atoms with Crippen LogP contribution in [0.2, 0.25) is 5.04 Å². The van der Waals surface area contributed by atoms with Crippen LogP contribution in [-0.2, 0) is 21.0 Å². The highest BCUT2D eigenvalue weighted by Crippen LogP contribution is 2.38. The first-order valence-electron chi connectivity index (χ1n) is 14.3. The molecular formula is C32H42N2O7SSi. The van der Waals surface area contributed by atoms with Gasteiger partial charge in [0.1, 0.15) is 5.75 Å². The van der Waals surface area contributed by atoms with E-state index in [4.69, 9.17) is 9.16 Å². The number of likely N-dealkylation sites (tertiary alicyclic amines) is 1. The predicted octanol–water partition coefficient (Wildman–Crippen LogP) is 3.52. The van der Waals surface area contributed by atoms with E-state index in [9.17, 15) is 23.4 Å². The van der Waals surface area contributed by atoms with Gasteiger partial charge in [-0.3, -0.25) is 4.90 Å². The second-order valence-electron chi connectivity index (χ2n) is 12.0. The molecule has 232 valence electrons. The van der Waals surface area contributed by atoms with E-state index in [-0.39, 0.29) is 24.6 Å². The van der Waals surface area contributed by atoms with Gasteiger partial charge >= 0.3 is 6.09 Å². The summed E-state index contributed by atoms with van der Waals surface area (Å²) in [6, 6.07) is 24.7. The molecule has 1 amide bonds. The molecule has 0 radical (unpaired) electrons. The molecule has 1 fully saturated rings. The number of rotatable bonds is 11. The molecule has 0 saturated carbocycles. The molecule has 0 spiro atoms. The molecule has 1 aliphatic rings. The number of nitrogens with zero attached hydrogens (tertiary/aromatic N) is 2. The first-order chi connectivity index (χ1) is 20.3. The third-order valence-corrected chi connectivity index (χ3v) is 14.6. The largest absolute Gasteiger partial charge is 0.497 e. The molecule has 3 atom stereocenters.